The van der Waals surface area contributed by atoms with Gasteiger partial charge in [-0.1, -0.05) is 6.07 Å². The number of hydrogen-bond donors (Lipinski definition) is 2. The Morgan fingerprint density at radius 3 is 2.64 bits per heavy atom. The van der Waals surface area contributed by atoms with Gasteiger partial charge < -0.3 is 9.73 Å². The van der Waals surface area contributed by atoms with Crippen LogP contribution in [-0.4, -0.2) is 25.9 Å². The molecule has 0 fully saturated rings. The van der Waals surface area contributed by atoms with Crippen LogP contribution >= 0.6 is 0 Å². The summed E-state index contributed by atoms with van der Waals surface area (Å²) in [5, 5.41) is 2.48. The van der Waals surface area contributed by atoms with Crippen molar-refractivity contribution in [2.75, 3.05) is 11.9 Å². The van der Waals surface area contributed by atoms with Crippen LogP contribution in [0.2, 0.25) is 0 Å². The van der Waals surface area contributed by atoms with E-state index in [0.717, 1.165) is 18.2 Å². The lowest BCUT2D eigenvalue weighted by Crippen LogP contribution is -2.33. The normalized spacial score (nSPS) is 12.3. The minimum Gasteiger partial charge on any atom is -0.441 e. The number of halogens is 3. The highest BCUT2D eigenvalue weighted by atomic mass is 32.2. The number of amides is 1. The predicted octanol–water partition coefficient (Wildman–Crippen LogP) is 3.07. The first-order valence-corrected chi connectivity index (χ1v) is 9.37. The number of oxazole rings is 1. The summed E-state index contributed by atoms with van der Waals surface area (Å²) in [6.45, 7) is 1.01. The number of benzene rings is 2. The molecular weight excluding hydrogens is 399 g/mol. The lowest BCUT2D eigenvalue weighted by molar-refractivity contribution is -0.137. The van der Waals surface area contributed by atoms with Crippen molar-refractivity contribution in [3.8, 4) is 0 Å². The third-order valence-electron chi connectivity index (χ3n) is 3.67. The summed E-state index contributed by atoms with van der Waals surface area (Å²) >= 11 is 0. The Morgan fingerprint density at radius 2 is 1.93 bits per heavy atom. The molecule has 3 aromatic rings. The van der Waals surface area contributed by atoms with Crippen LogP contribution in [0.1, 0.15) is 11.5 Å². The molecule has 28 heavy (non-hydrogen) atoms. The Labute approximate surface area is 157 Å². The van der Waals surface area contributed by atoms with E-state index in [4.69, 9.17) is 4.42 Å². The fraction of sp³-hybridized carbons (Fsp3) is 0.176. The van der Waals surface area contributed by atoms with E-state index in [9.17, 15) is 26.4 Å². The largest absolute Gasteiger partial charge is 0.441 e. The topological polar surface area (TPSA) is 101 Å². The van der Waals surface area contributed by atoms with Gasteiger partial charge in [-0.25, -0.2) is 18.1 Å². The van der Waals surface area contributed by atoms with Crippen molar-refractivity contribution >= 4 is 32.7 Å². The molecule has 0 spiro atoms. The molecule has 0 aliphatic heterocycles. The first-order chi connectivity index (χ1) is 13.0. The van der Waals surface area contributed by atoms with Crippen LogP contribution in [0, 0.1) is 6.92 Å². The van der Waals surface area contributed by atoms with Crippen LogP contribution in [0.25, 0.3) is 11.1 Å². The number of aromatic nitrogens is 1. The van der Waals surface area contributed by atoms with Gasteiger partial charge in [0.15, 0.2) is 11.5 Å². The van der Waals surface area contributed by atoms with E-state index >= 15 is 0 Å². The molecule has 2 aromatic carbocycles. The van der Waals surface area contributed by atoms with Crippen LogP contribution in [0.4, 0.5) is 18.9 Å². The van der Waals surface area contributed by atoms with E-state index in [2.05, 4.69) is 10.3 Å². The van der Waals surface area contributed by atoms with Gasteiger partial charge in [-0.05, 0) is 36.4 Å². The Hall–Kier alpha value is -2.92. The maximum atomic E-state index is 12.7. The molecule has 0 aliphatic carbocycles. The SMILES string of the molecule is Cc1nc2cc(NC(=O)CNS(=O)(=O)c3cccc(C(F)(F)F)c3)ccc2o1. The molecule has 0 bridgehead atoms. The van der Waals surface area contributed by atoms with Gasteiger partial charge in [0.1, 0.15) is 5.52 Å². The van der Waals surface area contributed by atoms with Gasteiger partial charge >= 0.3 is 6.18 Å². The van der Waals surface area contributed by atoms with Crippen LogP contribution in [0.5, 0.6) is 0 Å². The smallest absolute Gasteiger partial charge is 0.416 e. The summed E-state index contributed by atoms with van der Waals surface area (Å²) in [5.41, 5.74) is 0.306. The highest BCUT2D eigenvalue weighted by Crippen LogP contribution is 2.30. The van der Waals surface area contributed by atoms with E-state index in [1.165, 1.54) is 0 Å². The van der Waals surface area contributed by atoms with E-state index in [-0.39, 0.29) is 0 Å². The Morgan fingerprint density at radius 1 is 1.18 bits per heavy atom. The average Bonchev–Trinajstić information content (AvgIpc) is 2.99. The minimum absolute atomic E-state index is 0.365. The lowest BCUT2D eigenvalue weighted by atomic mass is 10.2. The highest BCUT2D eigenvalue weighted by molar-refractivity contribution is 7.89. The third kappa shape index (κ3) is 4.49. The van der Waals surface area contributed by atoms with Gasteiger partial charge in [0.25, 0.3) is 0 Å². The van der Waals surface area contributed by atoms with E-state index in [0.29, 0.717) is 28.7 Å². The van der Waals surface area contributed by atoms with Gasteiger partial charge in [-0.3, -0.25) is 4.79 Å². The number of carbonyl (C=O) groups is 1. The van der Waals surface area contributed by atoms with Crippen molar-refractivity contribution in [2.45, 2.75) is 18.0 Å². The molecule has 0 aliphatic rings. The molecule has 0 saturated heterocycles. The van der Waals surface area contributed by atoms with E-state index < -0.39 is 39.1 Å². The first kappa shape index (κ1) is 19.8. The summed E-state index contributed by atoms with van der Waals surface area (Å²) in [6.07, 6.45) is -4.68. The lowest BCUT2D eigenvalue weighted by Gasteiger charge is -2.10. The number of alkyl halides is 3. The summed E-state index contributed by atoms with van der Waals surface area (Å²) in [4.78, 5) is 15.5. The third-order valence-corrected chi connectivity index (χ3v) is 5.07. The maximum absolute atomic E-state index is 12.7. The number of hydrogen-bond acceptors (Lipinski definition) is 5. The number of nitrogens with zero attached hydrogens (tertiary/aromatic N) is 1. The van der Waals surface area contributed by atoms with Gasteiger partial charge in [-0.2, -0.15) is 13.2 Å². The van der Waals surface area contributed by atoms with Crippen LogP contribution in [0.15, 0.2) is 51.8 Å². The van der Waals surface area contributed by atoms with Crippen molar-refractivity contribution in [2.24, 2.45) is 0 Å². The van der Waals surface area contributed by atoms with E-state index in [1.54, 1.807) is 25.1 Å². The zero-order valence-corrected chi connectivity index (χ0v) is 15.2. The van der Waals surface area contributed by atoms with Crippen molar-refractivity contribution in [3.63, 3.8) is 0 Å². The monoisotopic (exact) mass is 413 g/mol. The number of fused-ring (bicyclic) bond motifs is 1. The maximum Gasteiger partial charge on any atom is 0.416 e. The number of aryl methyl sites for hydroxylation is 1. The van der Waals surface area contributed by atoms with Crippen LogP contribution < -0.4 is 10.0 Å². The fourth-order valence-electron chi connectivity index (χ4n) is 2.41. The molecule has 1 amide bonds. The second kappa shape index (κ2) is 7.24. The number of carbonyl (C=O) groups excluding carboxylic acids is 1. The molecule has 0 atom stereocenters. The molecule has 11 heteroatoms. The van der Waals surface area contributed by atoms with Crippen LogP contribution in [-0.2, 0) is 21.0 Å². The molecular formula is C17H14F3N3O4S. The zero-order chi connectivity index (χ0) is 20.5. The molecule has 0 saturated carbocycles. The van der Waals surface area contributed by atoms with E-state index in [1.807, 2.05) is 4.72 Å². The summed E-state index contributed by atoms with van der Waals surface area (Å²) in [7, 11) is -4.30. The van der Waals surface area contributed by atoms with Crippen molar-refractivity contribution in [3.05, 3.63) is 53.9 Å². The van der Waals surface area contributed by atoms with Crippen molar-refractivity contribution in [1.29, 1.82) is 0 Å². The van der Waals surface area contributed by atoms with Crippen LogP contribution in [0.3, 0.4) is 0 Å². The number of sulfonamides is 1. The Bertz CT molecular complexity index is 1140. The summed E-state index contributed by atoms with van der Waals surface area (Å²) in [5.74, 6) is -0.248. The Kier molecular flexibility index (Phi) is 5.13. The van der Waals surface area contributed by atoms with Gasteiger partial charge in [0.05, 0.1) is 17.0 Å². The number of nitrogens with one attached hydrogen (secondary N) is 2. The van der Waals surface area contributed by atoms with Gasteiger partial charge in [-0.15, -0.1) is 0 Å². The molecule has 0 radical (unpaired) electrons. The zero-order valence-electron chi connectivity index (χ0n) is 14.4. The van der Waals surface area contributed by atoms with Crippen molar-refractivity contribution < 1.29 is 30.8 Å². The molecule has 1 aromatic heterocycles. The van der Waals surface area contributed by atoms with Crippen molar-refractivity contribution in [1.82, 2.24) is 9.71 Å². The molecule has 0 unspecified atom stereocenters. The Balaban J connectivity index is 1.67. The van der Waals surface area contributed by atoms with Gasteiger partial charge in [0, 0.05) is 12.6 Å². The fourth-order valence-corrected chi connectivity index (χ4v) is 3.44. The van der Waals surface area contributed by atoms with Gasteiger partial charge in [0.2, 0.25) is 15.9 Å². The first-order valence-electron chi connectivity index (χ1n) is 7.88. The molecule has 3 rings (SSSR count). The summed E-state index contributed by atoms with van der Waals surface area (Å²) < 4.78 is 69.8. The number of anilines is 1. The molecule has 148 valence electrons. The second-order valence-corrected chi connectivity index (χ2v) is 7.58. The molecule has 2 N–H and O–H groups in total. The average molecular weight is 413 g/mol. The predicted molar refractivity (Wildman–Crippen MR) is 94.0 cm³/mol. The quantitative estimate of drug-likeness (QED) is 0.670. The summed E-state index contributed by atoms with van der Waals surface area (Å²) in [6, 6.07) is 7.94. The highest BCUT2D eigenvalue weighted by Gasteiger charge is 2.31. The molecule has 7 nitrogen and oxygen atoms in total. The second-order valence-electron chi connectivity index (χ2n) is 5.81. The number of rotatable bonds is 5. The molecule has 1 heterocycles. The minimum atomic E-state index is -4.68. The standard InChI is InChI=1S/C17H14F3N3O4S/c1-10-22-14-8-12(5-6-15(14)27-10)23-16(24)9-21-28(25,26)13-4-2-3-11(7-13)17(18,19)20/h2-8,21H,9H2,1H3,(H,23,24).